The number of hydrogen-bond acceptors (Lipinski definition) is 4. The van der Waals surface area contributed by atoms with Crippen LogP contribution in [0.1, 0.15) is 40.0 Å². The number of oxime groups is 1. The van der Waals surface area contributed by atoms with Crippen molar-refractivity contribution in [1.82, 2.24) is 0 Å². The van der Waals surface area contributed by atoms with Gasteiger partial charge < -0.3 is 9.94 Å². The highest BCUT2D eigenvalue weighted by atomic mass is 16.5. The van der Waals surface area contributed by atoms with Gasteiger partial charge in [0.05, 0.1) is 11.8 Å². The van der Waals surface area contributed by atoms with Gasteiger partial charge in [0.25, 0.3) is 0 Å². The molecule has 0 aliphatic heterocycles. The summed E-state index contributed by atoms with van der Waals surface area (Å²) in [5.41, 5.74) is 0.704. The fourth-order valence-corrected chi connectivity index (χ4v) is 1.04. The third-order valence-corrected chi connectivity index (χ3v) is 1.69. The SMILES string of the molecule is CC(=O)OC(C)CCCC(C)=NO. The summed E-state index contributed by atoms with van der Waals surface area (Å²) in [5, 5.41) is 11.4. The highest BCUT2D eigenvalue weighted by molar-refractivity contribution is 5.81. The van der Waals surface area contributed by atoms with Gasteiger partial charge in [-0.1, -0.05) is 5.16 Å². The number of carbonyl (C=O) groups is 1. The molecule has 1 unspecified atom stereocenters. The first-order valence-corrected chi connectivity index (χ1v) is 4.41. The van der Waals surface area contributed by atoms with Gasteiger partial charge in [0.2, 0.25) is 0 Å². The van der Waals surface area contributed by atoms with Gasteiger partial charge in [-0.25, -0.2) is 0 Å². The summed E-state index contributed by atoms with van der Waals surface area (Å²) in [4.78, 5) is 10.5. The van der Waals surface area contributed by atoms with Crippen molar-refractivity contribution < 1.29 is 14.7 Å². The third kappa shape index (κ3) is 7.31. The van der Waals surface area contributed by atoms with Gasteiger partial charge in [0, 0.05) is 6.92 Å². The molecule has 1 N–H and O–H groups in total. The predicted molar refractivity (Wildman–Crippen MR) is 50.0 cm³/mol. The van der Waals surface area contributed by atoms with Gasteiger partial charge in [-0.05, 0) is 33.1 Å². The minimum absolute atomic E-state index is 0.0519. The molecule has 76 valence electrons. The first-order valence-electron chi connectivity index (χ1n) is 4.41. The second kappa shape index (κ2) is 6.46. The summed E-state index contributed by atoms with van der Waals surface area (Å²) in [7, 11) is 0. The van der Waals surface area contributed by atoms with Crippen molar-refractivity contribution in [2.45, 2.75) is 46.1 Å². The van der Waals surface area contributed by atoms with E-state index in [1.54, 1.807) is 6.92 Å². The van der Waals surface area contributed by atoms with Crippen LogP contribution >= 0.6 is 0 Å². The van der Waals surface area contributed by atoms with E-state index in [1.807, 2.05) is 6.92 Å². The predicted octanol–water partition coefficient (Wildman–Crippen LogP) is 1.96. The van der Waals surface area contributed by atoms with Gasteiger partial charge in [0.1, 0.15) is 0 Å². The molecule has 4 heteroatoms. The molecule has 4 nitrogen and oxygen atoms in total. The maximum absolute atomic E-state index is 10.5. The fourth-order valence-electron chi connectivity index (χ4n) is 1.04. The molecule has 1 atom stereocenters. The van der Waals surface area contributed by atoms with E-state index in [2.05, 4.69) is 5.16 Å². The highest BCUT2D eigenvalue weighted by Crippen LogP contribution is 2.05. The number of carbonyl (C=O) groups excluding carboxylic acids is 1. The molecule has 0 aromatic carbocycles. The normalized spacial score (nSPS) is 13.9. The van der Waals surface area contributed by atoms with Crippen LogP contribution in [0.5, 0.6) is 0 Å². The Morgan fingerprint density at radius 2 is 2.15 bits per heavy atom. The standard InChI is InChI=1S/C9H17NO3/c1-7(10-12)5-4-6-8(2)13-9(3)11/h8,12H,4-6H2,1-3H3. The second-order valence-electron chi connectivity index (χ2n) is 3.15. The van der Waals surface area contributed by atoms with Gasteiger partial charge in [0.15, 0.2) is 0 Å². The molecule has 0 aromatic heterocycles. The summed E-state index contributed by atoms with van der Waals surface area (Å²) in [6.45, 7) is 5.01. The summed E-state index contributed by atoms with van der Waals surface area (Å²) in [6, 6.07) is 0. The molecule has 0 aromatic rings. The Hall–Kier alpha value is -1.06. The van der Waals surface area contributed by atoms with Crippen molar-refractivity contribution in [1.29, 1.82) is 0 Å². The molecule has 0 aliphatic rings. The van der Waals surface area contributed by atoms with Crippen LogP contribution in [-0.2, 0) is 9.53 Å². The minimum Gasteiger partial charge on any atom is -0.463 e. The molecule has 0 rings (SSSR count). The number of rotatable bonds is 5. The topological polar surface area (TPSA) is 58.9 Å². The number of ether oxygens (including phenoxy) is 1. The lowest BCUT2D eigenvalue weighted by Gasteiger charge is -2.10. The number of nitrogens with zero attached hydrogens (tertiary/aromatic N) is 1. The summed E-state index contributed by atoms with van der Waals surface area (Å²) in [6.07, 6.45) is 2.35. The molecule has 0 bridgehead atoms. The Balaban J connectivity index is 3.47. The molecule has 0 radical (unpaired) electrons. The molecule has 0 fully saturated rings. The Kier molecular flexibility index (Phi) is 5.93. The van der Waals surface area contributed by atoms with E-state index >= 15 is 0 Å². The van der Waals surface area contributed by atoms with E-state index < -0.39 is 0 Å². The molecule has 0 heterocycles. The van der Waals surface area contributed by atoms with Crippen LogP contribution in [0.2, 0.25) is 0 Å². The van der Waals surface area contributed by atoms with Gasteiger partial charge >= 0.3 is 5.97 Å². The quantitative estimate of drug-likeness (QED) is 0.310. The lowest BCUT2D eigenvalue weighted by molar-refractivity contribution is -0.145. The van der Waals surface area contributed by atoms with Gasteiger partial charge in [-0.2, -0.15) is 0 Å². The van der Waals surface area contributed by atoms with Crippen molar-refractivity contribution in [2.75, 3.05) is 0 Å². The molecule has 13 heavy (non-hydrogen) atoms. The zero-order valence-electron chi connectivity index (χ0n) is 8.41. The first kappa shape index (κ1) is 11.9. The first-order chi connectivity index (χ1) is 6.06. The van der Waals surface area contributed by atoms with Crippen LogP contribution in [0.4, 0.5) is 0 Å². The Bertz CT molecular complexity index is 189. The minimum atomic E-state index is -0.250. The lowest BCUT2D eigenvalue weighted by atomic mass is 10.1. The van der Waals surface area contributed by atoms with E-state index in [9.17, 15) is 4.79 Å². The Labute approximate surface area is 78.6 Å². The molecular weight excluding hydrogens is 170 g/mol. The highest BCUT2D eigenvalue weighted by Gasteiger charge is 2.04. The lowest BCUT2D eigenvalue weighted by Crippen LogP contribution is -2.12. The van der Waals surface area contributed by atoms with Crippen LogP contribution in [0.3, 0.4) is 0 Å². The maximum Gasteiger partial charge on any atom is 0.302 e. The average Bonchev–Trinajstić information content (AvgIpc) is 2.02. The molecular formula is C9H17NO3. The van der Waals surface area contributed by atoms with Gasteiger partial charge in [-0.3, -0.25) is 4.79 Å². The molecule has 0 aliphatic carbocycles. The van der Waals surface area contributed by atoms with Crippen molar-refractivity contribution >= 4 is 11.7 Å². The third-order valence-electron chi connectivity index (χ3n) is 1.69. The zero-order valence-corrected chi connectivity index (χ0v) is 8.41. The van der Waals surface area contributed by atoms with Crippen molar-refractivity contribution in [2.24, 2.45) is 5.16 Å². The second-order valence-corrected chi connectivity index (χ2v) is 3.15. The summed E-state index contributed by atoms with van der Waals surface area (Å²) in [5.74, 6) is -0.250. The molecule has 0 saturated carbocycles. The molecule has 0 saturated heterocycles. The van der Waals surface area contributed by atoms with E-state index in [0.29, 0.717) is 5.71 Å². The van der Waals surface area contributed by atoms with Crippen molar-refractivity contribution in [3.8, 4) is 0 Å². The van der Waals surface area contributed by atoms with Crippen molar-refractivity contribution in [3.05, 3.63) is 0 Å². The monoisotopic (exact) mass is 187 g/mol. The molecule has 0 spiro atoms. The summed E-state index contributed by atoms with van der Waals surface area (Å²) < 4.78 is 4.92. The van der Waals surface area contributed by atoms with E-state index in [1.165, 1.54) is 6.92 Å². The maximum atomic E-state index is 10.5. The number of hydrogen-bond donors (Lipinski definition) is 1. The van der Waals surface area contributed by atoms with E-state index in [4.69, 9.17) is 9.94 Å². The summed E-state index contributed by atoms with van der Waals surface area (Å²) >= 11 is 0. The Morgan fingerprint density at radius 1 is 1.54 bits per heavy atom. The van der Waals surface area contributed by atoms with Crippen LogP contribution in [0.25, 0.3) is 0 Å². The van der Waals surface area contributed by atoms with Gasteiger partial charge in [-0.15, -0.1) is 0 Å². The van der Waals surface area contributed by atoms with Crippen LogP contribution in [-0.4, -0.2) is 23.0 Å². The number of esters is 1. The average molecular weight is 187 g/mol. The van der Waals surface area contributed by atoms with Crippen LogP contribution in [0, 0.1) is 0 Å². The molecule has 0 amide bonds. The van der Waals surface area contributed by atoms with E-state index in [-0.39, 0.29) is 12.1 Å². The Morgan fingerprint density at radius 3 is 2.62 bits per heavy atom. The van der Waals surface area contributed by atoms with Crippen molar-refractivity contribution in [3.63, 3.8) is 0 Å². The zero-order chi connectivity index (χ0) is 10.3. The van der Waals surface area contributed by atoms with Crippen LogP contribution in [0.15, 0.2) is 5.16 Å². The smallest absolute Gasteiger partial charge is 0.302 e. The van der Waals surface area contributed by atoms with E-state index in [0.717, 1.165) is 19.3 Å². The van der Waals surface area contributed by atoms with Crippen LogP contribution < -0.4 is 0 Å². The largest absolute Gasteiger partial charge is 0.463 e. The fraction of sp³-hybridized carbons (Fsp3) is 0.778.